The summed E-state index contributed by atoms with van der Waals surface area (Å²) in [5.41, 5.74) is 2.41. The molecule has 1 amide bonds. The fourth-order valence-electron chi connectivity index (χ4n) is 2.56. The van der Waals surface area contributed by atoms with Crippen molar-refractivity contribution in [3.8, 4) is 0 Å². The van der Waals surface area contributed by atoms with Gasteiger partial charge in [0.1, 0.15) is 0 Å². The van der Waals surface area contributed by atoms with Crippen molar-refractivity contribution in [2.75, 3.05) is 18.0 Å². The number of amides is 1. The Hall–Kier alpha value is -1.68. The smallest absolute Gasteiger partial charge is 0.299 e. The summed E-state index contributed by atoms with van der Waals surface area (Å²) in [5.74, 6) is -0.472. The van der Waals surface area contributed by atoms with Crippen LogP contribution in [0, 0.1) is 5.92 Å². The van der Waals surface area contributed by atoms with Gasteiger partial charge >= 0.3 is 0 Å². The van der Waals surface area contributed by atoms with E-state index in [0.29, 0.717) is 24.1 Å². The second kappa shape index (κ2) is 6.39. The van der Waals surface area contributed by atoms with Crippen LogP contribution in [0.2, 0.25) is 0 Å². The molecule has 4 heteroatoms. The van der Waals surface area contributed by atoms with Gasteiger partial charge in [-0.2, -0.15) is 0 Å². The molecule has 114 valence electrons. The summed E-state index contributed by atoms with van der Waals surface area (Å²) < 4.78 is 0. The Kier molecular flexibility index (Phi) is 4.78. The number of carbonyl (C=O) groups is 2. The number of hydrogen-bond donors (Lipinski definition) is 1. The molecule has 0 bridgehead atoms. The molecule has 1 aromatic carbocycles. The molecule has 0 aliphatic carbocycles. The van der Waals surface area contributed by atoms with E-state index in [4.69, 9.17) is 0 Å². The third-order valence-electron chi connectivity index (χ3n) is 3.81. The molecule has 0 aromatic heterocycles. The van der Waals surface area contributed by atoms with Gasteiger partial charge < -0.3 is 10.2 Å². The van der Waals surface area contributed by atoms with E-state index in [1.807, 2.05) is 25.1 Å². The Bertz CT molecular complexity index is 552. The second-order valence-corrected chi connectivity index (χ2v) is 6.12. The fourth-order valence-corrected chi connectivity index (χ4v) is 2.56. The zero-order valence-corrected chi connectivity index (χ0v) is 13.3. The summed E-state index contributed by atoms with van der Waals surface area (Å²) in [6.07, 6.45) is 0.865. The van der Waals surface area contributed by atoms with E-state index in [9.17, 15) is 9.59 Å². The van der Waals surface area contributed by atoms with E-state index in [1.54, 1.807) is 4.90 Å². The lowest BCUT2D eigenvalue weighted by Gasteiger charge is -2.22. The van der Waals surface area contributed by atoms with Crippen LogP contribution in [-0.2, 0) is 11.2 Å². The Morgan fingerprint density at radius 1 is 1.19 bits per heavy atom. The van der Waals surface area contributed by atoms with Crippen LogP contribution in [0.4, 0.5) is 5.69 Å². The molecular formula is C17H24N2O2. The number of Topliss-reactive ketones (excluding diaryl/α,β-unsaturated/α-hetero) is 1. The van der Waals surface area contributed by atoms with E-state index in [1.165, 1.54) is 0 Å². The van der Waals surface area contributed by atoms with Crippen LogP contribution in [-0.4, -0.2) is 30.8 Å². The number of aryl methyl sites for hydroxylation is 1. The molecule has 21 heavy (non-hydrogen) atoms. The SMILES string of the molecule is CCc1ccc2c(c1)C(=O)C(=O)N2CC(C)CNC(C)C. The Labute approximate surface area is 126 Å². The molecule has 1 N–H and O–H groups in total. The molecular weight excluding hydrogens is 264 g/mol. The zero-order valence-electron chi connectivity index (χ0n) is 13.3. The average Bonchev–Trinajstić information content (AvgIpc) is 2.70. The van der Waals surface area contributed by atoms with Gasteiger partial charge in [0, 0.05) is 12.6 Å². The predicted octanol–water partition coefficient (Wildman–Crippen LogP) is 2.41. The first-order valence-electron chi connectivity index (χ1n) is 7.66. The van der Waals surface area contributed by atoms with E-state index in [-0.39, 0.29) is 5.78 Å². The molecule has 1 heterocycles. The molecule has 0 spiro atoms. The van der Waals surface area contributed by atoms with E-state index < -0.39 is 5.91 Å². The van der Waals surface area contributed by atoms with Crippen molar-refractivity contribution < 1.29 is 9.59 Å². The summed E-state index contributed by atoms with van der Waals surface area (Å²) in [5, 5.41) is 3.36. The topological polar surface area (TPSA) is 49.4 Å². The molecule has 1 atom stereocenters. The van der Waals surface area contributed by atoms with Crippen LogP contribution in [0.25, 0.3) is 0 Å². The van der Waals surface area contributed by atoms with Crippen molar-refractivity contribution >= 4 is 17.4 Å². The predicted molar refractivity (Wildman–Crippen MR) is 84.8 cm³/mol. The summed E-state index contributed by atoms with van der Waals surface area (Å²) in [6.45, 7) is 9.73. The molecule has 1 aromatic rings. The van der Waals surface area contributed by atoms with Gasteiger partial charge in [-0.3, -0.25) is 9.59 Å². The lowest BCUT2D eigenvalue weighted by Crippen LogP contribution is -2.38. The van der Waals surface area contributed by atoms with Crippen molar-refractivity contribution in [1.29, 1.82) is 0 Å². The van der Waals surface area contributed by atoms with Crippen molar-refractivity contribution in [3.63, 3.8) is 0 Å². The van der Waals surface area contributed by atoms with Gasteiger partial charge in [0.25, 0.3) is 11.7 Å². The van der Waals surface area contributed by atoms with Gasteiger partial charge in [0.2, 0.25) is 0 Å². The minimum absolute atomic E-state index is 0.293. The third kappa shape index (κ3) is 3.32. The van der Waals surface area contributed by atoms with Crippen LogP contribution >= 0.6 is 0 Å². The Morgan fingerprint density at radius 2 is 1.90 bits per heavy atom. The van der Waals surface area contributed by atoms with Crippen molar-refractivity contribution in [1.82, 2.24) is 5.32 Å². The van der Waals surface area contributed by atoms with Gasteiger partial charge in [-0.1, -0.05) is 33.8 Å². The van der Waals surface area contributed by atoms with Gasteiger partial charge in [0.15, 0.2) is 0 Å². The quantitative estimate of drug-likeness (QED) is 0.818. The van der Waals surface area contributed by atoms with Gasteiger partial charge in [-0.25, -0.2) is 0 Å². The molecule has 1 aliphatic heterocycles. The summed E-state index contributed by atoms with van der Waals surface area (Å²) in [7, 11) is 0. The van der Waals surface area contributed by atoms with Crippen LogP contribution in [0.1, 0.15) is 43.6 Å². The fraction of sp³-hybridized carbons (Fsp3) is 0.529. The van der Waals surface area contributed by atoms with Crippen molar-refractivity contribution in [3.05, 3.63) is 29.3 Å². The minimum atomic E-state index is -0.394. The monoisotopic (exact) mass is 288 g/mol. The molecule has 1 aliphatic rings. The standard InChI is InChI=1S/C17H24N2O2/c1-5-13-6-7-15-14(8-13)16(20)17(21)19(15)10-12(4)9-18-11(2)3/h6-8,11-12,18H,5,9-10H2,1-4H3. The molecule has 0 saturated carbocycles. The van der Waals surface area contributed by atoms with Gasteiger partial charge in [-0.05, 0) is 36.6 Å². The van der Waals surface area contributed by atoms with Crippen LogP contribution < -0.4 is 10.2 Å². The van der Waals surface area contributed by atoms with Crippen molar-refractivity contribution in [2.45, 2.75) is 40.2 Å². The number of nitrogens with zero attached hydrogens (tertiary/aromatic N) is 1. The molecule has 2 rings (SSSR count). The molecule has 1 unspecified atom stereocenters. The number of carbonyl (C=O) groups excluding carboxylic acids is 2. The van der Waals surface area contributed by atoms with Crippen LogP contribution in [0.15, 0.2) is 18.2 Å². The van der Waals surface area contributed by atoms with Gasteiger partial charge in [-0.15, -0.1) is 0 Å². The first-order chi connectivity index (χ1) is 9.93. The first-order valence-corrected chi connectivity index (χ1v) is 7.66. The maximum atomic E-state index is 12.2. The summed E-state index contributed by atoms with van der Waals surface area (Å²) in [4.78, 5) is 25.9. The number of benzene rings is 1. The number of nitrogens with one attached hydrogen (secondary N) is 1. The van der Waals surface area contributed by atoms with E-state index in [2.05, 4.69) is 26.1 Å². The maximum absolute atomic E-state index is 12.2. The normalized spacial score (nSPS) is 15.8. The molecule has 0 fully saturated rings. The van der Waals surface area contributed by atoms with E-state index in [0.717, 1.165) is 24.2 Å². The minimum Gasteiger partial charge on any atom is -0.314 e. The highest BCUT2D eigenvalue weighted by Crippen LogP contribution is 2.30. The van der Waals surface area contributed by atoms with Crippen LogP contribution in [0.3, 0.4) is 0 Å². The van der Waals surface area contributed by atoms with Gasteiger partial charge in [0.05, 0.1) is 11.3 Å². The maximum Gasteiger partial charge on any atom is 0.299 e. The lowest BCUT2D eigenvalue weighted by atomic mass is 10.1. The summed E-state index contributed by atoms with van der Waals surface area (Å²) >= 11 is 0. The van der Waals surface area contributed by atoms with E-state index >= 15 is 0 Å². The molecule has 4 nitrogen and oxygen atoms in total. The van der Waals surface area contributed by atoms with Crippen LogP contribution in [0.5, 0.6) is 0 Å². The molecule has 0 saturated heterocycles. The first kappa shape index (κ1) is 15.7. The summed E-state index contributed by atoms with van der Waals surface area (Å²) in [6, 6.07) is 6.17. The number of fused-ring (bicyclic) bond motifs is 1. The number of rotatable bonds is 6. The lowest BCUT2D eigenvalue weighted by molar-refractivity contribution is -0.114. The third-order valence-corrected chi connectivity index (χ3v) is 3.81. The number of hydrogen-bond acceptors (Lipinski definition) is 3. The second-order valence-electron chi connectivity index (χ2n) is 6.12. The highest BCUT2D eigenvalue weighted by molar-refractivity contribution is 6.52. The largest absolute Gasteiger partial charge is 0.314 e. The Balaban J connectivity index is 2.15. The number of ketones is 1. The Morgan fingerprint density at radius 3 is 2.52 bits per heavy atom. The number of anilines is 1. The molecule has 0 radical (unpaired) electrons. The highest BCUT2D eigenvalue weighted by Gasteiger charge is 2.36. The zero-order chi connectivity index (χ0) is 15.6. The van der Waals surface area contributed by atoms with Crippen molar-refractivity contribution in [2.24, 2.45) is 5.92 Å². The highest BCUT2D eigenvalue weighted by atomic mass is 16.2. The average molecular weight is 288 g/mol.